The van der Waals surface area contributed by atoms with Crippen LogP contribution in [-0.2, 0) is 9.53 Å². The van der Waals surface area contributed by atoms with Crippen LogP contribution in [0.15, 0.2) is 17.3 Å². The van der Waals surface area contributed by atoms with Gasteiger partial charge >= 0.3 is 5.97 Å². The van der Waals surface area contributed by atoms with Crippen molar-refractivity contribution in [2.45, 2.75) is 26.3 Å². The second kappa shape index (κ2) is 6.71. The van der Waals surface area contributed by atoms with Crippen molar-refractivity contribution in [2.24, 2.45) is 10.9 Å². The minimum atomic E-state index is -0.914. The number of aliphatic imine (C=N–C) groups is 1. The predicted molar refractivity (Wildman–Crippen MR) is 87.8 cm³/mol. The summed E-state index contributed by atoms with van der Waals surface area (Å²) in [6.07, 6.45) is 6.57. The Balaban J connectivity index is 2.49. The van der Waals surface area contributed by atoms with Crippen LogP contribution in [0.2, 0.25) is 0 Å². The lowest BCUT2D eigenvalue weighted by Crippen LogP contribution is -2.41. The Hall–Kier alpha value is -2.88. The zero-order chi connectivity index (χ0) is 17.9. The molecule has 1 aromatic heterocycles. The highest BCUT2D eigenvalue weighted by Gasteiger charge is 2.43. The van der Waals surface area contributed by atoms with E-state index in [2.05, 4.69) is 21.2 Å². The molecule has 0 saturated heterocycles. The molecule has 1 unspecified atom stereocenters. The minimum absolute atomic E-state index is 0.0187. The standard InChI is InChI=1S/C17H19N3O4/c1-6-7-24-11-8-12(15(21)23-5)13(18-9-11)14-19-16(22)17(4,20-14)10(2)3/h1,8-10H,7H2,2-5H3,(H,19,20,22). The van der Waals surface area contributed by atoms with Crippen molar-refractivity contribution in [3.8, 4) is 18.1 Å². The summed E-state index contributed by atoms with van der Waals surface area (Å²) >= 11 is 0. The number of hydrogen-bond donors (Lipinski definition) is 1. The molecule has 0 radical (unpaired) electrons. The fourth-order valence-corrected chi connectivity index (χ4v) is 2.15. The van der Waals surface area contributed by atoms with E-state index in [-0.39, 0.29) is 35.5 Å². The van der Waals surface area contributed by atoms with Crippen LogP contribution in [-0.4, -0.2) is 42.0 Å². The molecule has 1 amide bonds. The number of methoxy groups -OCH3 is 1. The summed E-state index contributed by atoms with van der Waals surface area (Å²) in [4.78, 5) is 33.0. The Morgan fingerprint density at radius 3 is 2.75 bits per heavy atom. The predicted octanol–water partition coefficient (Wildman–Crippen LogP) is 1.17. The van der Waals surface area contributed by atoms with Gasteiger partial charge in [-0.2, -0.15) is 0 Å². The molecule has 0 spiro atoms. The molecule has 7 nitrogen and oxygen atoms in total. The van der Waals surface area contributed by atoms with E-state index in [1.165, 1.54) is 19.4 Å². The molecular weight excluding hydrogens is 310 g/mol. The minimum Gasteiger partial charge on any atom is -0.479 e. The second-order valence-corrected chi connectivity index (χ2v) is 5.77. The number of nitrogens with one attached hydrogen (secondary N) is 1. The number of esters is 1. The number of carbonyl (C=O) groups excluding carboxylic acids is 2. The van der Waals surface area contributed by atoms with E-state index in [0.29, 0.717) is 5.75 Å². The lowest BCUT2D eigenvalue weighted by atomic mass is 9.89. The maximum Gasteiger partial charge on any atom is 0.340 e. The molecule has 2 rings (SSSR count). The van der Waals surface area contributed by atoms with Crippen molar-refractivity contribution in [3.63, 3.8) is 0 Å². The number of ether oxygens (including phenoxy) is 2. The van der Waals surface area contributed by atoms with E-state index in [0.717, 1.165) is 0 Å². The highest BCUT2D eigenvalue weighted by Crippen LogP contribution is 2.28. The summed E-state index contributed by atoms with van der Waals surface area (Å²) in [5.74, 6) is 2.03. The highest BCUT2D eigenvalue weighted by atomic mass is 16.5. The van der Waals surface area contributed by atoms with Gasteiger partial charge in [-0.3, -0.25) is 4.79 Å². The zero-order valence-corrected chi connectivity index (χ0v) is 14.0. The van der Waals surface area contributed by atoms with E-state index in [1.807, 2.05) is 13.8 Å². The van der Waals surface area contributed by atoms with Crippen LogP contribution in [0.3, 0.4) is 0 Å². The average Bonchev–Trinajstić information content (AvgIpc) is 2.88. The molecule has 1 atom stereocenters. The van der Waals surface area contributed by atoms with Crippen molar-refractivity contribution >= 4 is 17.7 Å². The molecule has 126 valence electrons. The van der Waals surface area contributed by atoms with Gasteiger partial charge in [0.1, 0.15) is 23.6 Å². The van der Waals surface area contributed by atoms with Crippen molar-refractivity contribution in [3.05, 3.63) is 23.5 Å². The SMILES string of the molecule is C#CCOc1cnc(C2=NC(C)(C(C)C)C(=O)N2)c(C(=O)OC)c1. The zero-order valence-electron chi connectivity index (χ0n) is 14.0. The Morgan fingerprint density at radius 2 is 2.21 bits per heavy atom. The van der Waals surface area contributed by atoms with Gasteiger partial charge in [0.15, 0.2) is 5.84 Å². The summed E-state index contributed by atoms with van der Waals surface area (Å²) in [6, 6.07) is 1.46. The van der Waals surface area contributed by atoms with Crippen LogP contribution >= 0.6 is 0 Å². The van der Waals surface area contributed by atoms with E-state index < -0.39 is 11.5 Å². The number of carbonyl (C=O) groups is 2. The van der Waals surface area contributed by atoms with Gasteiger partial charge in [-0.25, -0.2) is 14.8 Å². The highest BCUT2D eigenvalue weighted by molar-refractivity contribution is 6.17. The number of hydrogen-bond acceptors (Lipinski definition) is 6. The van der Waals surface area contributed by atoms with Crippen LogP contribution in [0.1, 0.15) is 36.8 Å². The number of aromatic nitrogens is 1. The van der Waals surface area contributed by atoms with Crippen LogP contribution in [0.5, 0.6) is 5.75 Å². The maximum atomic E-state index is 12.3. The summed E-state index contributed by atoms with van der Waals surface area (Å²) in [7, 11) is 1.26. The smallest absolute Gasteiger partial charge is 0.340 e. The first-order valence-corrected chi connectivity index (χ1v) is 7.39. The van der Waals surface area contributed by atoms with Crippen molar-refractivity contribution < 1.29 is 19.1 Å². The number of amidine groups is 1. The van der Waals surface area contributed by atoms with Gasteiger partial charge in [-0.15, -0.1) is 6.42 Å². The molecule has 1 aromatic rings. The number of rotatable bonds is 5. The third-order valence-corrected chi connectivity index (χ3v) is 3.97. The molecule has 0 saturated carbocycles. The van der Waals surface area contributed by atoms with E-state index in [1.54, 1.807) is 6.92 Å². The van der Waals surface area contributed by atoms with Gasteiger partial charge < -0.3 is 14.8 Å². The Kier molecular flexibility index (Phi) is 4.88. The van der Waals surface area contributed by atoms with Crippen molar-refractivity contribution in [1.82, 2.24) is 10.3 Å². The lowest BCUT2D eigenvalue weighted by molar-refractivity contribution is -0.124. The normalized spacial score (nSPS) is 19.5. The first-order valence-electron chi connectivity index (χ1n) is 7.39. The van der Waals surface area contributed by atoms with E-state index in [9.17, 15) is 9.59 Å². The number of amides is 1. The average molecular weight is 329 g/mol. The van der Waals surface area contributed by atoms with Crippen LogP contribution in [0.4, 0.5) is 0 Å². The van der Waals surface area contributed by atoms with Gasteiger partial charge in [0.25, 0.3) is 5.91 Å². The van der Waals surface area contributed by atoms with Gasteiger partial charge in [-0.05, 0) is 18.9 Å². The van der Waals surface area contributed by atoms with Gasteiger partial charge in [-0.1, -0.05) is 19.8 Å². The molecule has 0 aliphatic carbocycles. The number of pyridine rings is 1. The second-order valence-electron chi connectivity index (χ2n) is 5.77. The molecule has 0 aromatic carbocycles. The van der Waals surface area contributed by atoms with Crippen LogP contribution in [0.25, 0.3) is 0 Å². The van der Waals surface area contributed by atoms with Crippen LogP contribution in [0, 0.1) is 18.3 Å². The summed E-state index contributed by atoms with van der Waals surface area (Å²) in [6.45, 7) is 5.59. The fourth-order valence-electron chi connectivity index (χ4n) is 2.15. The Labute approximate surface area is 140 Å². The molecular formula is C17H19N3O4. The molecule has 24 heavy (non-hydrogen) atoms. The maximum absolute atomic E-state index is 12.3. The van der Waals surface area contributed by atoms with Gasteiger partial charge in [0.2, 0.25) is 0 Å². The quantitative estimate of drug-likeness (QED) is 0.647. The van der Waals surface area contributed by atoms with Gasteiger partial charge in [0, 0.05) is 0 Å². The molecule has 0 fully saturated rings. The molecule has 2 heterocycles. The first-order chi connectivity index (χ1) is 11.3. The van der Waals surface area contributed by atoms with Gasteiger partial charge in [0.05, 0.1) is 18.9 Å². The first kappa shape index (κ1) is 17.5. The third-order valence-electron chi connectivity index (χ3n) is 3.97. The molecule has 1 aliphatic rings. The molecule has 0 bridgehead atoms. The van der Waals surface area contributed by atoms with E-state index >= 15 is 0 Å². The summed E-state index contributed by atoms with van der Waals surface area (Å²) in [5, 5.41) is 2.69. The molecule has 1 N–H and O–H groups in total. The Bertz CT molecular complexity index is 749. The third kappa shape index (κ3) is 3.08. The monoisotopic (exact) mass is 329 g/mol. The number of nitrogens with zero attached hydrogens (tertiary/aromatic N) is 2. The number of terminal acetylenes is 1. The van der Waals surface area contributed by atoms with Crippen molar-refractivity contribution in [2.75, 3.05) is 13.7 Å². The Morgan fingerprint density at radius 1 is 1.50 bits per heavy atom. The van der Waals surface area contributed by atoms with Crippen molar-refractivity contribution in [1.29, 1.82) is 0 Å². The largest absolute Gasteiger partial charge is 0.479 e. The van der Waals surface area contributed by atoms with E-state index in [4.69, 9.17) is 15.9 Å². The topological polar surface area (TPSA) is 89.9 Å². The molecule has 7 heteroatoms. The fraction of sp³-hybridized carbons (Fsp3) is 0.412. The summed E-state index contributed by atoms with van der Waals surface area (Å²) < 4.78 is 10.1. The summed E-state index contributed by atoms with van der Waals surface area (Å²) in [5.41, 5.74) is -0.546. The van der Waals surface area contributed by atoms with Crippen LogP contribution < -0.4 is 10.1 Å². The lowest BCUT2D eigenvalue weighted by Gasteiger charge is -2.21. The molecule has 1 aliphatic heterocycles.